The number of benzene rings is 1. The minimum absolute atomic E-state index is 0.0342. The highest BCUT2D eigenvalue weighted by Crippen LogP contribution is 2.41. The van der Waals surface area contributed by atoms with E-state index in [1.165, 1.54) is 4.90 Å². The van der Waals surface area contributed by atoms with E-state index in [2.05, 4.69) is 20.4 Å². The van der Waals surface area contributed by atoms with Crippen molar-refractivity contribution in [1.29, 1.82) is 0 Å². The Hall–Kier alpha value is -3.65. The SMILES string of the molecule is CC(C)(C)OC(=O)N1Cc2c(N[C@@H]3CCCN(CC(=O)N4CCC(O)CC4)C3)nnc(-c3ccc(C(F)(F)F)cc3O)c2C1. The molecule has 1 atom stereocenters. The maximum atomic E-state index is 13.2. The van der Waals surface area contributed by atoms with E-state index < -0.39 is 29.2 Å². The fourth-order valence-corrected chi connectivity index (χ4v) is 5.90. The number of hydrogen-bond acceptors (Lipinski definition) is 9. The fraction of sp³-hybridized carbons (Fsp3) is 0.600. The molecule has 5 rings (SSSR count). The first-order chi connectivity index (χ1) is 20.7. The van der Waals surface area contributed by atoms with Crippen LogP contribution in [0.15, 0.2) is 18.2 Å². The van der Waals surface area contributed by atoms with Gasteiger partial charge in [-0.15, -0.1) is 10.2 Å². The number of aliphatic hydroxyl groups is 1. The number of carbonyl (C=O) groups is 2. The van der Waals surface area contributed by atoms with Gasteiger partial charge in [-0.2, -0.15) is 13.2 Å². The van der Waals surface area contributed by atoms with Crippen molar-refractivity contribution in [3.05, 3.63) is 34.9 Å². The van der Waals surface area contributed by atoms with Crippen LogP contribution in [0.25, 0.3) is 11.3 Å². The molecule has 1 aromatic carbocycles. The molecule has 2 fully saturated rings. The van der Waals surface area contributed by atoms with E-state index in [1.807, 2.05) is 0 Å². The molecule has 2 aromatic rings. The summed E-state index contributed by atoms with van der Waals surface area (Å²) in [5.74, 6) is -0.125. The quantitative estimate of drug-likeness (QED) is 0.454. The van der Waals surface area contributed by atoms with Crippen molar-refractivity contribution in [3.63, 3.8) is 0 Å². The second-order valence-corrected chi connectivity index (χ2v) is 12.8. The van der Waals surface area contributed by atoms with Crippen molar-refractivity contribution in [3.8, 4) is 17.0 Å². The third-order valence-corrected chi connectivity index (χ3v) is 8.14. The minimum atomic E-state index is -4.63. The first-order valence-electron chi connectivity index (χ1n) is 14.9. The number of aromatic hydroxyl groups is 1. The molecule has 0 saturated carbocycles. The lowest BCUT2D eigenvalue weighted by molar-refractivity contribution is -0.137. The van der Waals surface area contributed by atoms with Gasteiger partial charge >= 0.3 is 12.3 Å². The van der Waals surface area contributed by atoms with Crippen molar-refractivity contribution in [1.82, 2.24) is 24.9 Å². The number of phenols is 1. The molecule has 44 heavy (non-hydrogen) atoms. The molecular weight excluding hydrogens is 581 g/mol. The van der Waals surface area contributed by atoms with Gasteiger partial charge in [0.1, 0.15) is 17.0 Å². The van der Waals surface area contributed by atoms with Crippen molar-refractivity contribution in [2.24, 2.45) is 0 Å². The van der Waals surface area contributed by atoms with Gasteiger partial charge in [-0.1, -0.05) is 0 Å². The minimum Gasteiger partial charge on any atom is -0.507 e. The molecule has 0 radical (unpaired) electrons. The number of hydrogen-bond donors (Lipinski definition) is 3. The van der Waals surface area contributed by atoms with Crippen LogP contribution in [0.1, 0.15) is 63.1 Å². The zero-order valence-corrected chi connectivity index (χ0v) is 25.2. The van der Waals surface area contributed by atoms with E-state index in [4.69, 9.17) is 4.74 Å². The Morgan fingerprint density at radius 3 is 2.39 bits per heavy atom. The highest BCUT2D eigenvalue weighted by Gasteiger charge is 2.36. The number of anilines is 1. The second-order valence-electron chi connectivity index (χ2n) is 12.8. The van der Waals surface area contributed by atoms with Gasteiger partial charge in [-0.05, 0) is 71.2 Å². The van der Waals surface area contributed by atoms with Gasteiger partial charge in [0, 0.05) is 42.4 Å². The number of fused-ring (bicyclic) bond motifs is 1. The second kappa shape index (κ2) is 12.4. The van der Waals surface area contributed by atoms with Gasteiger partial charge in [0.15, 0.2) is 5.82 Å². The lowest BCUT2D eigenvalue weighted by Gasteiger charge is -2.36. The standard InChI is InChI=1S/C30H39F3N6O5/c1-29(2,3)44-28(43)39-15-22-23(16-39)27(36-35-26(22)21-7-6-18(13-24(21)41)30(31,32)33)34-19-5-4-10-37(14-19)17-25(42)38-11-8-20(40)9-12-38/h6-7,13,19-20,40-41H,4-5,8-12,14-17H2,1-3H3,(H,34,36)/t19-/m1/s1. The third-order valence-electron chi connectivity index (χ3n) is 8.14. The van der Waals surface area contributed by atoms with Crippen LogP contribution in [0.2, 0.25) is 0 Å². The Balaban J connectivity index is 1.37. The molecular formula is C30H39F3N6O5. The maximum Gasteiger partial charge on any atom is 0.416 e. The van der Waals surface area contributed by atoms with Crippen LogP contribution in [0, 0.1) is 0 Å². The number of halogens is 3. The highest BCUT2D eigenvalue weighted by atomic mass is 19.4. The number of rotatable bonds is 5. The highest BCUT2D eigenvalue weighted by molar-refractivity contribution is 5.78. The number of aliphatic hydroxyl groups excluding tert-OH is 1. The molecule has 0 bridgehead atoms. The Morgan fingerprint density at radius 1 is 1.02 bits per heavy atom. The van der Waals surface area contributed by atoms with Gasteiger partial charge in [0.25, 0.3) is 0 Å². The molecule has 3 N–H and O–H groups in total. The summed E-state index contributed by atoms with van der Waals surface area (Å²) in [5.41, 5.74) is -0.277. The van der Waals surface area contributed by atoms with E-state index in [0.29, 0.717) is 55.5 Å². The summed E-state index contributed by atoms with van der Waals surface area (Å²) in [5, 5.41) is 32.5. The Morgan fingerprint density at radius 2 is 1.73 bits per heavy atom. The van der Waals surface area contributed by atoms with Crippen molar-refractivity contribution < 1.29 is 37.7 Å². The number of phenolic OH excluding ortho intramolecular Hbond substituents is 1. The van der Waals surface area contributed by atoms with Crippen LogP contribution in [0.4, 0.5) is 23.8 Å². The van der Waals surface area contributed by atoms with Gasteiger partial charge in [-0.25, -0.2) is 4.79 Å². The van der Waals surface area contributed by atoms with E-state index in [1.54, 1.807) is 25.7 Å². The lowest BCUT2D eigenvalue weighted by atomic mass is 10.0. The topological polar surface area (TPSA) is 131 Å². The number of likely N-dealkylation sites (tertiary alicyclic amines) is 2. The summed E-state index contributed by atoms with van der Waals surface area (Å²) in [4.78, 5) is 31.3. The number of ether oxygens (including phenoxy) is 1. The molecule has 2 amide bonds. The largest absolute Gasteiger partial charge is 0.507 e. The van der Waals surface area contributed by atoms with E-state index in [0.717, 1.165) is 31.5 Å². The Kier molecular flexibility index (Phi) is 8.94. The summed E-state index contributed by atoms with van der Waals surface area (Å²) in [7, 11) is 0. The van der Waals surface area contributed by atoms with Gasteiger partial charge in [0.2, 0.25) is 5.91 Å². The monoisotopic (exact) mass is 620 g/mol. The molecule has 240 valence electrons. The first-order valence-corrected chi connectivity index (χ1v) is 14.9. The summed E-state index contributed by atoms with van der Waals surface area (Å²) >= 11 is 0. The predicted octanol–water partition coefficient (Wildman–Crippen LogP) is 3.98. The van der Waals surface area contributed by atoms with Gasteiger partial charge in [0.05, 0.1) is 31.3 Å². The normalized spacial score (nSPS) is 20.0. The zero-order valence-electron chi connectivity index (χ0n) is 25.2. The van der Waals surface area contributed by atoms with Crippen LogP contribution >= 0.6 is 0 Å². The molecule has 11 nitrogen and oxygen atoms in total. The van der Waals surface area contributed by atoms with Crippen LogP contribution in [0.5, 0.6) is 5.75 Å². The molecule has 14 heteroatoms. The number of nitrogens with zero attached hydrogens (tertiary/aromatic N) is 5. The number of aromatic nitrogens is 2. The summed E-state index contributed by atoms with van der Waals surface area (Å²) in [6.45, 7) is 8.18. The lowest BCUT2D eigenvalue weighted by Crippen LogP contribution is -2.49. The van der Waals surface area contributed by atoms with Crippen molar-refractivity contribution in [2.45, 2.75) is 83.5 Å². The van der Waals surface area contributed by atoms with Gasteiger partial charge in [-0.3, -0.25) is 14.6 Å². The van der Waals surface area contributed by atoms with E-state index >= 15 is 0 Å². The molecule has 0 aliphatic carbocycles. The number of alkyl halides is 3. The molecule has 3 aliphatic heterocycles. The Labute approximate surface area is 254 Å². The number of carbonyl (C=O) groups excluding carboxylic acids is 2. The van der Waals surface area contributed by atoms with E-state index in [9.17, 15) is 33.0 Å². The van der Waals surface area contributed by atoms with Crippen LogP contribution < -0.4 is 5.32 Å². The molecule has 3 aliphatic rings. The number of nitrogens with one attached hydrogen (secondary N) is 1. The first kappa shape index (κ1) is 31.8. The maximum absolute atomic E-state index is 13.2. The Bertz CT molecular complexity index is 1390. The molecule has 2 saturated heterocycles. The number of amides is 2. The van der Waals surface area contributed by atoms with Crippen LogP contribution in [-0.4, -0.2) is 97.6 Å². The summed E-state index contributed by atoms with van der Waals surface area (Å²) < 4.78 is 45.3. The summed E-state index contributed by atoms with van der Waals surface area (Å²) in [6.07, 6.45) is -2.71. The average molecular weight is 621 g/mol. The van der Waals surface area contributed by atoms with Crippen molar-refractivity contribution in [2.75, 3.05) is 38.0 Å². The fourth-order valence-electron chi connectivity index (χ4n) is 5.90. The van der Waals surface area contributed by atoms with Crippen LogP contribution in [-0.2, 0) is 28.8 Å². The average Bonchev–Trinajstić information content (AvgIpc) is 3.39. The number of piperidine rings is 2. The van der Waals surface area contributed by atoms with Crippen LogP contribution in [0.3, 0.4) is 0 Å². The predicted molar refractivity (Wildman–Crippen MR) is 155 cm³/mol. The smallest absolute Gasteiger partial charge is 0.416 e. The molecule has 0 unspecified atom stereocenters. The van der Waals surface area contributed by atoms with Gasteiger partial charge < -0.3 is 25.2 Å². The zero-order chi connectivity index (χ0) is 31.8. The molecule has 0 spiro atoms. The third kappa shape index (κ3) is 7.34. The summed E-state index contributed by atoms with van der Waals surface area (Å²) in [6, 6.07) is 2.61. The molecule has 4 heterocycles. The molecule has 1 aromatic heterocycles. The van der Waals surface area contributed by atoms with E-state index in [-0.39, 0.29) is 48.9 Å². The van der Waals surface area contributed by atoms with Crippen molar-refractivity contribution >= 4 is 17.8 Å².